The van der Waals surface area contributed by atoms with Crippen molar-refractivity contribution in [2.24, 2.45) is 16.6 Å². The first kappa shape index (κ1) is 8.05. The van der Waals surface area contributed by atoms with E-state index in [1.807, 2.05) is 0 Å². The molecule has 0 aromatic heterocycles. The maximum Gasteiger partial charge on any atom is 0.310 e. The summed E-state index contributed by atoms with van der Waals surface area (Å²) >= 11 is 0. The van der Waals surface area contributed by atoms with Crippen LogP contribution in [0.5, 0.6) is 0 Å². The maximum absolute atomic E-state index is 11.1. The predicted octanol–water partition coefficient (Wildman–Crippen LogP) is 0.979. The van der Waals surface area contributed by atoms with Gasteiger partial charge < -0.3 is 10.8 Å². The quantitative estimate of drug-likeness (QED) is 0.647. The fraction of sp³-hybridized carbons (Fsp3) is 0.889. The van der Waals surface area contributed by atoms with Crippen molar-refractivity contribution in [3.8, 4) is 0 Å². The molecule has 3 N–H and O–H groups in total. The van der Waals surface area contributed by atoms with E-state index in [0.717, 1.165) is 12.8 Å². The zero-order valence-electron chi connectivity index (χ0n) is 7.34. The Balaban J connectivity index is 2.20. The van der Waals surface area contributed by atoms with E-state index in [1.165, 1.54) is 0 Å². The van der Waals surface area contributed by atoms with Gasteiger partial charge in [-0.3, -0.25) is 4.79 Å². The van der Waals surface area contributed by atoms with Crippen LogP contribution in [-0.2, 0) is 4.79 Å². The molecule has 0 unspecified atom stereocenters. The highest BCUT2D eigenvalue weighted by Gasteiger charge is 2.65. The first-order chi connectivity index (χ1) is 5.50. The summed E-state index contributed by atoms with van der Waals surface area (Å²) in [6, 6.07) is 0.124. The molecule has 2 fully saturated rings. The first-order valence-corrected chi connectivity index (χ1v) is 4.49. The van der Waals surface area contributed by atoms with Crippen molar-refractivity contribution in [2.75, 3.05) is 0 Å². The second-order valence-corrected chi connectivity index (χ2v) is 4.62. The van der Waals surface area contributed by atoms with Gasteiger partial charge in [-0.25, -0.2) is 0 Å². The van der Waals surface area contributed by atoms with Crippen molar-refractivity contribution >= 4 is 5.97 Å². The summed E-state index contributed by atoms with van der Waals surface area (Å²) in [4.78, 5) is 11.1. The van der Waals surface area contributed by atoms with Gasteiger partial charge in [-0.05, 0) is 31.1 Å². The lowest BCUT2D eigenvalue weighted by atomic mass is 9.57. The summed E-state index contributed by atoms with van der Waals surface area (Å²) in [6.07, 6.45) is 3.48. The molecule has 0 amide bonds. The van der Waals surface area contributed by atoms with Crippen LogP contribution >= 0.6 is 0 Å². The van der Waals surface area contributed by atoms with E-state index >= 15 is 0 Å². The number of rotatable bonds is 2. The van der Waals surface area contributed by atoms with Gasteiger partial charge in [-0.2, -0.15) is 0 Å². The third-order valence-electron chi connectivity index (χ3n) is 3.79. The van der Waals surface area contributed by atoms with Gasteiger partial charge in [0.1, 0.15) is 0 Å². The lowest BCUT2D eigenvalue weighted by Crippen LogP contribution is -2.55. The number of carboxylic acids is 1. The molecule has 0 saturated heterocycles. The minimum atomic E-state index is -0.635. The number of hydrogen-bond acceptors (Lipinski definition) is 2. The molecule has 2 aliphatic carbocycles. The van der Waals surface area contributed by atoms with Crippen LogP contribution in [0, 0.1) is 10.8 Å². The zero-order valence-corrected chi connectivity index (χ0v) is 7.34. The highest BCUT2D eigenvalue weighted by Crippen LogP contribution is 2.66. The summed E-state index contributed by atoms with van der Waals surface area (Å²) in [5.74, 6) is -0.635. The van der Waals surface area contributed by atoms with Gasteiger partial charge in [0.15, 0.2) is 0 Å². The third kappa shape index (κ3) is 0.774. The second kappa shape index (κ2) is 2.02. The summed E-state index contributed by atoms with van der Waals surface area (Å²) in [7, 11) is 0. The first-order valence-electron chi connectivity index (χ1n) is 4.49. The normalized spacial score (nSPS) is 43.3. The number of aliphatic carboxylic acids is 1. The summed E-state index contributed by atoms with van der Waals surface area (Å²) in [5, 5.41) is 9.12. The summed E-state index contributed by atoms with van der Waals surface area (Å²) in [6.45, 7) is 2.08. The van der Waals surface area contributed by atoms with Crippen LogP contribution in [0.2, 0.25) is 0 Å². The van der Waals surface area contributed by atoms with E-state index in [0.29, 0.717) is 12.8 Å². The number of carboxylic acid groups (broad SMARTS) is 1. The molecule has 0 atom stereocenters. The second-order valence-electron chi connectivity index (χ2n) is 4.62. The van der Waals surface area contributed by atoms with E-state index in [1.54, 1.807) is 0 Å². The van der Waals surface area contributed by atoms with Gasteiger partial charge >= 0.3 is 5.97 Å². The number of hydrogen-bond donors (Lipinski definition) is 2. The monoisotopic (exact) mass is 169 g/mol. The van der Waals surface area contributed by atoms with Crippen molar-refractivity contribution in [1.29, 1.82) is 0 Å². The van der Waals surface area contributed by atoms with Crippen molar-refractivity contribution in [3.05, 3.63) is 0 Å². The molecule has 12 heavy (non-hydrogen) atoms. The van der Waals surface area contributed by atoms with E-state index in [4.69, 9.17) is 10.8 Å². The molecule has 0 aliphatic heterocycles. The lowest BCUT2D eigenvalue weighted by molar-refractivity contribution is -0.162. The van der Waals surface area contributed by atoms with E-state index in [2.05, 4.69) is 6.92 Å². The Kier molecular flexibility index (Phi) is 1.35. The Morgan fingerprint density at radius 2 is 2.00 bits per heavy atom. The van der Waals surface area contributed by atoms with E-state index in [9.17, 15) is 4.79 Å². The van der Waals surface area contributed by atoms with Crippen LogP contribution in [0.25, 0.3) is 0 Å². The van der Waals surface area contributed by atoms with Crippen LogP contribution in [-0.4, -0.2) is 17.1 Å². The molecule has 0 aromatic rings. The van der Waals surface area contributed by atoms with E-state index < -0.39 is 11.4 Å². The highest BCUT2D eigenvalue weighted by molar-refractivity contribution is 5.78. The van der Waals surface area contributed by atoms with Gasteiger partial charge in [-0.15, -0.1) is 0 Å². The smallest absolute Gasteiger partial charge is 0.310 e. The van der Waals surface area contributed by atoms with Crippen molar-refractivity contribution in [3.63, 3.8) is 0 Å². The molecule has 3 heteroatoms. The van der Waals surface area contributed by atoms with Gasteiger partial charge in [0.25, 0.3) is 0 Å². The van der Waals surface area contributed by atoms with Crippen molar-refractivity contribution < 1.29 is 9.90 Å². The predicted molar refractivity (Wildman–Crippen MR) is 44.6 cm³/mol. The zero-order chi connectivity index (χ0) is 8.98. The molecule has 2 rings (SSSR count). The molecule has 0 bridgehead atoms. The van der Waals surface area contributed by atoms with Crippen LogP contribution in [0.3, 0.4) is 0 Å². The molecule has 2 aliphatic rings. The van der Waals surface area contributed by atoms with Crippen molar-refractivity contribution in [2.45, 2.75) is 38.6 Å². The SMILES string of the molecule is CC1(C2(C(=O)O)CC(N)C2)CC1. The number of carbonyl (C=O) groups is 1. The molecule has 0 spiro atoms. The molecular formula is C9H15NO2. The Hall–Kier alpha value is -0.570. The largest absolute Gasteiger partial charge is 0.481 e. The summed E-state index contributed by atoms with van der Waals surface area (Å²) in [5.41, 5.74) is 5.25. The fourth-order valence-corrected chi connectivity index (χ4v) is 2.43. The molecule has 0 radical (unpaired) electrons. The lowest BCUT2D eigenvalue weighted by Gasteiger charge is -2.47. The Labute approximate surface area is 71.9 Å². The van der Waals surface area contributed by atoms with E-state index in [-0.39, 0.29) is 11.5 Å². The average molecular weight is 169 g/mol. The molecule has 2 saturated carbocycles. The average Bonchev–Trinajstić information content (AvgIpc) is 2.61. The van der Waals surface area contributed by atoms with Crippen LogP contribution in [0.1, 0.15) is 32.6 Å². The maximum atomic E-state index is 11.1. The van der Waals surface area contributed by atoms with Gasteiger partial charge in [0, 0.05) is 6.04 Å². The third-order valence-corrected chi connectivity index (χ3v) is 3.79. The molecule has 68 valence electrons. The molecule has 0 aromatic carbocycles. The molecule has 3 nitrogen and oxygen atoms in total. The minimum absolute atomic E-state index is 0.0642. The van der Waals surface area contributed by atoms with Crippen molar-refractivity contribution in [1.82, 2.24) is 0 Å². The standard InChI is InChI=1S/C9H15NO2/c1-8(2-3-8)9(7(11)12)4-6(10)5-9/h6H,2-5,10H2,1H3,(H,11,12). The fourth-order valence-electron chi connectivity index (χ4n) is 2.43. The van der Waals surface area contributed by atoms with Crippen LogP contribution in [0.15, 0.2) is 0 Å². The van der Waals surface area contributed by atoms with Gasteiger partial charge in [-0.1, -0.05) is 6.92 Å². The molecular weight excluding hydrogens is 154 g/mol. The minimum Gasteiger partial charge on any atom is -0.481 e. The van der Waals surface area contributed by atoms with Crippen LogP contribution in [0.4, 0.5) is 0 Å². The summed E-state index contributed by atoms with van der Waals surface area (Å²) < 4.78 is 0. The highest BCUT2D eigenvalue weighted by atomic mass is 16.4. The Morgan fingerprint density at radius 1 is 1.50 bits per heavy atom. The topological polar surface area (TPSA) is 63.3 Å². The Bertz CT molecular complexity index is 227. The number of nitrogens with two attached hydrogens (primary N) is 1. The van der Waals surface area contributed by atoms with Gasteiger partial charge in [0.05, 0.1) is 5.41 Å². The Morgan fingerprint density at radius 3 is 2.25 bits per heavy atom. The molecule has 0 heterocycles. The van der Waals surface area contributed by atoms with Crippen LogP contribution < -0.4 is 5.73 Å². The van der Waals surface area contributed by atoms with Gasteiger partial charge in [0.2, 0.25) is 0 Å².